The molecule has 0 bridgehead atoms. The highest BCUT2D eigenvalue weighted by Crippen LogP contribution is 2.19. The minimum absolute atomic E-state index is 0.0358. The van der Waals surface area contributed by atoms with E-state index in [9.17, 15) is 4.79 Å². The van der Waals surface area contributed by atoms with Gasteiger partial charge in [-0.2, -0.15) is 0 Å². The molecule has 1 saturated heterocycles. The third-order valence-corrected chi connectivity index (χ3v) is 2.61. The summed E-state index contributed by atoms with van der Waals surface area (Å²) in [6.45, 7) is 7.35. The molecular formula is C11H22N2O2. The smallest absolute Gasteiger partial charge is 0.311 e. The van der Waals surface area contributed by atoms with Crippen LogP contribution < -0.4 is 11.1 Å². The average Bonchev–Trinajstić information content (AvgIpc) is 2.30. The number of nitrogens with two attached hydrogens (primary N) is 1. The molecule has 2 atom stereocenters. The Bertz CT molecular complexity index is 223. The number of nitrogens with one attached hydrogen (secondary N) is 1. The Hall–Kier alpha value is -0.610. The van der Waals surface area contributed by atoms with Crippen molar-refractivity contribution in [2.24, 2.45) is 11.1 Å². The van der Waals surface area contributed by atoms with Gasteiger partial charge in [0.1, 0.15) is 6.10 Å². The number of rotatable bonds is 1. The van der Waals surface area contributed by atoms with E-state index < -0.39 is 5.41 Å². The molecule has 1 fully saturated rings. The first-order valence-corrected chi connectivity index (χ1v) is 5.58. The molecule has 0 saturated carbocycles. The Kier molecular flexibility index (Phi) is 4.11. The molecule has 4 heteroatoms. The van der Waals surface area contributed by atoms with Crippen LogP contribution in [-0.2, 0) is 9.53 Å². The van der Waals surface area contributed by atoms with Crippen LogP contribution in [-0.4, -0.2) is 31.2 Å². The van der Waals surface area contributed by atoms with Gasteiger partial charge >= 0.3 is 5.97 Å². The van der Waals surface area contributed by atoms with E-state index in [1.165, 1.54) is 0 Å². The van der Waals surface area contributed by atoms with Crippen LogP contribution in [0.15, 0.2) is 0 Å². The van der Waals surface area contributed by atoms with Crippen LogP contribution in [0.1, 0.15) is 33.6 Å². The van der Waals surface area contributed by atoms with E-state index in [2.05, 4.69) is 5.32 Å². The first kappa shape index (κ1) is 12.5. The predicted octanol–water partition coefficient (Wildman–Crippen LogP) is 0.655. The van der Waals surface area contributed by atoms with Gasteiger partial charge < -0.3 is 15.8 Å². The number of carbonyl (C=O) groups excluding carboxylic acids is 1. The Labute approximate surface area is 91.5 Å². The molecule has 0 spiro atoms. The van der Waals surface area contributed by atoms with Gasteiger partial charge in [-0.1, -0.05) is 0 Å². The first-order valence-electron chi connectivity index (χ1n) is 5.58. The molecule has 0 aliphatic carbocycles. The maximum atomic E-state index is 11.7. The number of hydrogen-bond donors (Lipinski definition) is 2. The van der Waals surface area contributed by atoms with Crippen molar-refractivity contribution < 1.29 is 9.53 Å². The molecule has 0 aromatic carbocycles. The lowest BCUT2D eigenvalue weighted by Gasteiger charge is -2.25. The molecule has 0 aromatic heterocycles. The second-order valence-corrected chi connectivity index (χ2v) is 5.18. The molecular weight excluding hydrogens is 192 g/mol. The topological polar surface area (TPSA) is 64.3 Å². The van der Waals surface area contributed by atoms with Crippen molar-refractivity contribution in [1.29, 1.82) is 0 Å². The van der Waals surface area contributed by atoms with E-state index in [1.54, 1.807) is 0 Å². The highest BCUT2D eigenvalue weighted by atomic mass is 16.5. The minimum atomic E-state index is -0.445. The van der Waals surface area contributed by atoms with E-state index in [1.807, 2.05) is 20.8 Å². The fraction of sp³-hybridized carbons (Fsp3) is 0.909. The van der Waals surface area contributed by atoms with Gasteiger partial charge in [0, 0.05) is 6.04 Å². The second kappa shape index (κ2) is 4.94. The molecule has 4 nitrogen and oxygen atoms in total. The van der Waals surface area contributed by atoms with Crippen molar-refractivity contribution in [3.63, 3.8) is 0 Å². The number of ether oxygens (including phenoxy) is 1. The van der Waals surface area contributed by atoms with E-state index >= 15 is 0 Å². The molecule has 1 heterocycles. The summed E-state index contributed by atoms with van der Waals surface area (Å²) in [5, 5.41) is 3.25. The van der Waals surface area contributed by atoms with Gasteiger partial charge in [0.05, 0.1) is 5.41 Å². The normalized spacial score (nSPS) is 28.3. The molecule has 1 aliphatic heterocycles. The zero-order valence-corrected chi connectivity index (χ0v) is 9.88. The Morgan fingerprint density at radius 2 is 1.93 bits per heavy atom. The van der Waals surface area contributed by atoms with Crippen LogP contribution in [0.2, 0.25) is 0 Å². The first-order chi connectivity index (χ1) is 6.91. The standard InChI is InChI=1S/C11H22N2O2/c1-11(2,3)10(14)15-9-5-7-13-6-4-8(9)12/h8-9,13H,4-7,12H2,1-3H3. The van der Waals surface area contributed by atoms with E-state index in [0.717, 1.165) is 25.9 Å². The van der Waals surface area contributed by atoms with E-state index in [0.29, 0.717) is 0 Å². The summed E-state index contributed by atoms with van der Waals surface area (Å²) in [7, 11) is 0. The quantitative estimate of drug-likeness (QED) is 0.629. The lowest BCUT2D eigenvalue weighted by molar-refractivity contribution is -0.159. The molecule has 0 amide bonds. The Morgan fingerprint density at radius 1 is 1.33 bits per heavy atom. The van der Waals surface area contributed by atoms with Crippen molar-refractivity contribution in [2.45, 2.75) is 45.8 Å². The summed E-state index contributed by atoms with van der Waals surface area (Å²) in [4.78, 5) is 11.7. The van der Waals surface area contributed by atoms with Gasteiger partial charge in [-0.15, -0.1) is 0 Å². The third kappa shape index (κ3) is 3.80. The van der Waals surface area contributed by atoms with Crippen LogP contribution in [0.5, 0.6) is 0 Å². The highest BCUT2D eigenvalue weighted by Gasteiger charge is 2.29. The molecule has 88 valence electrons. The van der Waals surface area contributed by atoms with Crippen LogP contribution in [0, 0.1) is 5.41 Å². The van der Waals surface area contributed by atoms with Crippen LogP contribution >= 0.6 is 0 Å². The van der Waals surface area contributed by atoms with Gasteiger partial charge in [-0.05, 0) is 46.7 Å². The summed E-state index contributed by atoms with van der Waals surface area (Å²) >= 11 is 0. The zero-order valence-electron chi connectivity index (χ0n) is 9.88. The minimum Gasteiger partial charge on any atom is -0.460 e. The fourth-order valence-corrected chi connectivity index (χ4v) is 1.50. The van der Waals surface area contributed by atoms with Crippen LogP contribution in [0.3, 0.4) is 0 Å². The predicted molar refractivity (Wildman–Crippen MR) is 59.4 cm³/mol. The van der Waals surface area contributed by atoms with Gasteiger partial charge in [0.2, 0.25) is 0 Å². The van der Waals surface area contributed by atoms with Crippen LogP contribution in [0.25, 0.3) is 0 Å². The summed E-state index contributed by atoms with van der Waals surface area (Å²) < 4.78 is 5.44. The zero-order chi connectivity index (χ0) is 11.5. The van der Waals surface area contributed by atoms with Gasteiger partial charge in [-0.3, -0.25) is 4.79 Å². The molecule has 2 unspecified atom stereocenters. The molecule has 3 N–H and O–H groups in total. The van der Waals surface area contributed by atoms with Crippen molar-refractivity contribution in [3.8, 4) is 0 Å². The monoisotopic (exact) mass is 214 g/mol. The number of hydrogen-bond acceptors (Lipinski definition) is 4. The highest BCUT2D eigenvalue weighted by molar-refractivity contribution is 5.75. The largest absolute Gasteiger partial charge is 0.460 e. The number of esters is 1. The maximum absolute atomic E-state index is 11.7. The summed E-state index contributed by atoms with van der Waals surface area (Å²) in [6, 6.07) is -0.0358. The molecule has 15 heavy (non-hydrogen) atoms. The van der Waals surface area contributed by atoms with E-state index in [-0.39, 0.29) is 18.1 Å². The van der Waals surface area contributed by atoms with Crippen molar-refractivity contribution in [1.82, 2.24) is 5.32 Å². The Morgan fingerprint density at radius 3 is 2.53 bits per heavy atom. The molecule has 1 rings (SSSR count). The average molecular weight is 214 g/mol. The maximum Gasteiger partial charge on any atom is 0.311 e. The third-order valence-electron chi connectivity index (χ3n) is 2.61. The lowest BCUT2D eigenvalue weighted by atomic mass is 9.97. The van der Waals surface area contributed by atoms with Gasteiger partial charge in [0.25, 0.3) is 0 Å². The lowest BCUT2D eigenvalue weighted by Crippen LogP contribution is -2.40. The van der Waals surface area contributed by atoms with Crippen LogP contribution in [0.4, 0.5) is 0 Å². The molecule has 0 radical (unpaired) electrons. The summed E-state index contributed by atoms with van der Waals surface area (Å²) in [5.41, 5.74) is 5.51. The SMILES string of the molecule is CC(C)(C)C(=O)OC1CCNCCC1N. The van der Waals surface area contributed by atoms with Gasteiger partial charge in [0.15, 0.2) is 0 Å². The second-order valence-electron chi connectivity index (χ2n) is 5.18. The summed E-state index contributed by atoms with van der Waals surface area (Å²) in [5.74, 6) is -0.162. The van der Waals surface area contributed by atoms with Crippen molar-refractivity contribution in [2.75, 3.05) is 13.1 Å². The Balaban J connectivity index is 2.52. The molecule has 1 aliphatic rings. The summed E-state index contributed by atoms with van der Waals surface area (Å²) in [6.07, 6.45) is 1.54. The van der Waals surface area contributed by atoms with Crippen molar-refractivity contribution >= 4 is 5.97 Å². The molecule has 0 aromatic rings. The van der Waals surface area contributed by atoms with Gasteiger partial charge in [-0.25, -0.2) is 0 Å². The van der Waals surface area contributed by atoms with Crippen molar-refractivity contribution in [3.05, 3.63) is 0 Å². The number of carbonyl (C=O) groups is 1. The van der Waals surface area contributed by atoms with E-state index in [4.69, 9.17) is 10.5 Å². The fourth-order valence-electron chi connectivity index (χ4n) is 1.50.